The van der Waals surface area contributed by atoms with Gasteiger partial charge in [-0.05, 0) is 34.7 Å². The van der Waals surface area contributed by atoms with Gasteiger partial charge in [0.15, 0.2) is 5.78 Å². The molecule has 0 aliphatic carbocycles. The van der Waals surface area contributed by atoms with Crippen LogP contribution in [0.5, 0.6) is 0 Å². The van der Waals surface area contributed by atoms with E-state index in [1.807, 2.05) is 24.3 Å². The SMILES string of the molecule is O=C(CSc1ncco1)c1ccc(I)cc1. The van der Waals surface area contributed by atoms with Gasteiger partial charge in [0.1, 0.15) is 6.26 Å². The standard InChI is InChI=1S/C11H8INO2S/c12-9-3-1-8(2-4-9)10(14)7-16-11-13-5-6-15-11/h1-6H,7H2. The van der Waals surface area contributed by atoms with Gasteiger partial charge in [-0.2, -0.15) is 0 Å². The van der Waals surface area contributed by atoms with Crippen molar-refractivity contribution < 1.29 is 9.21 Å². The molecule has 0 aliphatic heterocycles. The largest absolute Gasteiger partial charge is 0.440 e. The molecule has 0 atom stereocenters. The van der Waals surface area contributed by atoms with Crippen molar-refractivity contribution in [3.63, 3.8) is 0 Å². The van der Waals surface area contributed by atoms with Crippen molar-refractivity contribution in [1.29, 1.82) is 0 Å². The molecule has 0 spiro atoms. The molecule has 2 aromatic rings. The van der Waals surface area contributed by atoms with E-state index in [1.165, 1.54) is 18.0 Å². The summed E-state index contributed by atoms with van der Waals surface area (Å²) in [5.74, 6) is 0.431. The van der Waals surface area contributed by atoms with Gasteiger partial charge < -0.3 is 4.42 Å². The zero-order chi connectivity index (χ0) is 11.4. The zero-order valence-corrected chi connectivity index (χ0v) is 11.2. The quantitative estimate of drug-likeness (QED) is 0.485. The Hall–Kier alpha value is -0.820. The highest BCUT2D eigenvalue weighted by molar-refractivity contribution is 14.1. The lowest BCUT2D eigenvalue weighted by molar-refractivity contribution is 0.102. The molecule has 5 heteroatoms. The Bertz CT molecular complexity index is 467. The Balaban J connectivity index is 1.95. The van der Waals surface area contributed by atoms with Crippen molar-refractivity contribution in [2.24, 2.45) is 0 Å². The fraction of sp³-hybridized carbons (Fsp3) is 0.0909. The van der Waals surface area contributed by atoms with Gasteiger partial charge >= 0.3 is 0 Å². The molecule has 0 fully saturated rings. The summed E-state index contributed by atoms with van der Waals surface area (Å²) in [5.41, 5.74) is 0.722. The van der Waals surface area contributed by atoms with Crippen LogP contribution in [0.4, 0.5) is 0 Å². The Kier molecular flexibility index (Phi) is 4.00. The number of nitrogens with zero attached hydrogens (tertiary/aromatic N) is 1. The molecule has 0 radical (unpaired) electrons. The van der Waals surface area contributed by atoms with Crippen molar-refractivity contribution in [2.75, 3.05) is 5.75 Å². The number of benzene rings is 1. The third-order valence-electron chi connectivity index (χ3n) is 1.90. The molecular weight excluding hydrogens is 337 g/mol. The van der Waals surface area contributed by atoms with Gasteiger partial charge in [0.25, 0.3) is 5.22 Å². The van der Waals surface area contributed by atoms with E-state index in [0.29, 0.717) is 11.0 Å². The summed E-state index contributed by atoms with van der Waals surface area (Å²) in [4.78, 5) is 15.7. The topological polar surface area (TPSA) is 43.1 Å². The lowest BCUT2D eigenvalue weighted by atomic mass is 10.2. The minimum atomic E-state index is 0.0830. The molecule has 1 heterocycles. The van der Waals surface area contributed by atoms with Gasteiger partial charge in [-0.1, -0.05) is 23.9 Å². The predicted molar refractivity (Wildman–Crippen MR) is 70.7 cm³/mol. The van der Waals surface area contributed by atoms with Crippen LogP contribution in [0.15, 0.2) is 46.4 Å². The normalized spacial score (nSPS) is 10.3. The van der Waals surface area contributed by atoms with Crippen LogP contribution in [-0.2, 0) is 0 Å². The highest BCUT2D eigenvalue weighted by Crippen LogP contribution is 2.17. The van der Waals surface area contributed by atoms with Crippen LogP contribution in [0.2, 0.25) is 0 Å². The third kappa shape index (κ3) is 3.08. The third-order valence-corrected chi connectivity index (χ3v) is 3.48. The van der Waals surface area contributed by atoms with Crippen LogP contribution in [0.1, 0.15) is 10.4 Å². The van der Waals surface area contributed by atoms with E-state index >= 15 is 0 Å². The number of halogens is 1. The van der Waals surface area contributed by atoms with Crippen molar-refractivity contribution in [2.45, 2.75) is 5.22 Å². The molecule has 0 saturated carbocycles. The summed E-state index contributed by atoms with van der Waals surface area (Å²) in [6.07, 6.45) is 3.06. The van der Waals surface area contributed by atoms with E-state index in [1.54, 1.807) is 6.20 Å². The molecule has 0 N–H and O–H groups in total. The smallest absolute Gasteiger partial charge is 0.255 e. The molecule has 0 saturated heterocycles. The molecule has 0 bridgehead atoms. The zero-order valence-electron chi connectivity index (χ0n) is 8.22. The monoisotopic (exact) mass is 345 g/mol. The van der Waals surface area contributed by atoms with E-state index in [0.717, 1.165) is 9.13 Å². The molecule has 0 aliphatic rings. The van der Waals surface area contributed by atoms with Gasteiger partial charge in [0.05, 0.1) is 11.9 Å². The van der Waals surface area contributed by atoms with E-state index in [9.17, 15) is 4.79 Å². The highest BCUT2D eigenvalue weighted by atomic mass is 127. The number of oxazole rings is 1. The number of hydrogen-bond donors (Lipinski definition) is 0. The number of hydrogen-bond acceptors (Lipinski definition) is 4. The molecule has 0 unspecified atom stereocenters. The molecule has 0 amide bonds. The average molecular weight is 345 g/mol. The Labute approximate surface area is 111 Å². The second-order valence-electron chi connectivity index (χ2n) is 3.02. The second-order valence-corrected chi connectivity index (χ2v) is 5.19. The lowest BCUT2D eigenvalue weighted by Gasteiger charge is -1.99. The lowest BCUT2D eigenvalue weighted by Crippen LogP contribution is -2.01. The van der Waals surface area contributed by atoms with E-state index in [4.69, 9.17) is 4.42 Å². The van der Waals surface area contributed by atoms with Crippen LogP contribution in [0.3, 0.4) is 0 Å². The van der Waals surface area contributed by atoms with Crippen molar-refractivity contribution in [3.8, 4) is 0 Å². The molecular formula is C11H8INO2S. The van der Waals surface area contributed by atoms with Gasteiger partial charge in [-0.15, -0.1) is 0 Å². The van der Waals surface area contributed by atoms with Crippen LogP contribution in [0.25, 0.3) is 0 Å². The number of carbonyl (C=O) groups excluding carboxylic acids is 1. The minimum Gasteiger partial charge on any atom is -0.440 e. The summed E-state index contributed by atoms with van der Waals surface area (Å²) in [6.45, 7) is 0. The van der Waals surface area contributed by atoms with Gasteiger partial charge in [-0.25, -0.2) is 4.98 Å². The van der Waals surface area contributed by atoms with Crippen LogP contribution in [-0.4, -0.2) is 16.5 Å². The first-order chi connectivity index (χ1) is 7.75. The number of ketones is 1. The number of carbonyl (C=O) groups is 1. The summed E-state index contributed by atoms with van der Waals surface area (Å²) < 4.78 is 6.16. The van der Waals surface area contributed by atoms with Gasteiger partial charge in [0.2, 0.25) is 0 Å². The summed E-state index contributed by atoms with van der Waals surface area (Å²) in [6, 6.07) is 7.51. The second kappa shape index (κ2) is 5.49. The molecule has 3 nitrogen and oxygen atoms in total. The van der Waals surface area contributed by atoms with Crippen LogP contribution in [0, 0.1) is 3.57 Å². The summed E-state index contributed by atoms with van der Waals surface area (Å²) in [5, 5.41) is 0.527. The van der Waals surface area contributed by atoms with E-state index < -0.39 is 0 Å². The molecule has 1 aromatic carbocycles. The number of thioether (sulfide) groups is 1. The molecule has 16 heavy (non-hydrogen) atoms. The van der Waals surface area contributed by atoms with E-state index in [-0.39, 0.29) is 5.78 Å². The minimum absolute atomic E-state index is 0.0830. The van der Waals surface area contributed by atoms with Gasteiger partial charge in [-0.3, -0.25) is 4.79 Å². The summed E-state index contributed by atoms with van der Waals surface area (Å²) in [7, 11) is 0. The predicted octanol–water partition coefficient (Wildman–Crippen LogP) is 3.25. The molecule has 2 rings (SSSR count). The Morgan fingerprint density at radius 3 is 2.75 bits per heavy atom. The Morgan fingerprint density at radius 2 is 2.12 bits per heavy atom. The Morgan fingerprint density at radius 1 is 1.38 bits per heavy atom. The molecule has 1 aromatic heterocycles. The van der Waals surface area contributed by atoms with Gasteiger partial charge in [0, 0.05) is 9.13 Å². The first-order valence-corrected chi connectivity index (χ1v) is 6.63. The first kappa shape index (κ1) is 11.7. The maximum Gasteiger partial charge on any atom is 0.255 e. The first-order valence-electron chi connectivity index (χ1n) is 4.57. The van der Waals surface area contributed by atoms with Crippen molar-refractivity contribution >= 4 is 40.1 Å². The number of rotatable bonds is 4. The average Bonchev–Trinajstić information content (AvgIpc) is 2.80. The van der Waals surface area contributed by atoms with Crippen molar-refractivity contribution in [1.82, 2.24) is 4.98 Å². The fourth-order valence-corrected chi connectivity index (χ4v) is 2.17. The van der Waals surface area contributed by atoms with Crippen molar-refractivity contribution in [3.05, 3.63) is 45.9 Å². The van der Waals surface area contributed by atoms with Crippen LogP contribution >= 0.6 is 34.4 Å². The summed E-state index contributed by atoms with van der Waals surface area (Å²) >= 11 is 3.51. The molecule has 82 valence electrons. The van der Waals surface area contributed by atoms with E-state index in [2.05, 4.69) is 27.6 Å². The maximum absolute atomic E-state index is 11.8. The fourth-order valence-electron chi connectivity index (χ4n) is 1.13. The highest BCUT2D eigenvalue weighted by Gasteiger charge is 2.08. The number of Topliss-reactive ketones (excluding diaryl/α,β-unsaturated/α-hetero) is 1. The maximum atomic E-state index is 11.8. The van der Waals surface area contributed by atoms with Crippen LogP contribution < -0.4 is 0 Å². The number of aromatic nitrogens is 1.